The second-order valence-corrected chi connectivity index (χ2v) is 6.46. The van der Waals surface area contributed by atoms with Crippen molar-refractivity contribution < 1.29 is 9.32 Å². The number of thioether (sulfide) groups is 1. The smallest absolute Gasteiger partial charge is 0.292 e. The van der Waals surface area contributed by atoms with Crippen molar-refractivity contribution in [3.63, 3.8) is 0 Å². The van der Waals surface area contributed by atoms with Crippen LogP contribution >= 0.6 is 11.8 Å². The average molecular weight is 302 g/mol. The summed E-state index contributed by atoms with van der Waals surface area (Å²) in [5.74, 6) is 1.90. The number of aryl methyl sites for hydroxylation is 1. The molecule has 1 fully saturated rings. The van der Waals surface area contributed by atoms with Crippen molar-refractivity contribution in [3.05, 3.63) is 47.9 Å². The number of aromatic nitrogens is 1. The molecule has 2 aromatic rings. The Balaban J connectivity index is 1.52. The van der Waals surface area contributed by atoms with Crippen LogP contribution in [0.3, 0.4) is 0 Å². The lowest BCUT2D eigenvalue weighted by molar-refractivity contribution is 0.0747. The predicted octanol–water partition coefficient (Wildman–Crippen LogP) is 3.24. The van der Waals surface area contributed by atoms with Crippen LogP contribution in [0.5, 0.6) is 0 Å². The van der Waals surface area contributed by atoms with Gasteiger partial charge in [-0.1, -0.05) is 23.4 Å². The molecular weight excluding hydrogens is 284 g/mol. The second-order valence-electron chi connectivity index (χ2n) is 5.36. The summed E-state index contributed by atoms with van der Waals surface area (Å²) >= 11 is 1.86. The SMILES string of the molecule is Cc1cc(C(=O)N2CC[C@H](CSc3ccccc3)C2)on1. The van der Waals surface area contributed by atoms with Crippen LogP contribution in [0.25, 0.3) is 0 Å². The molecule has 0 radical (unpaired) electrons. The topological polar surface area (TPSA) is 46.3 Å². The van der Waals surface area contributed by atoms with Gasteiger partial charge in [0.15, 0.2) is 0 Å². The fourth-order valence-electron chi connectivity index (χ4n) is 2.50. The quantitative estimate of drug-likeness (QED) is 0.813. The number of carbonyl (C=O) groups excluding carboxylic acids is 1. The predicted molar refractivity (Wildman–Crippen MR) is 82.4 cm³/mol. The molecule has 5 heteroatoms. The van der Waals surface area contributed by atoms with E-state index in [1.165, 1.54) is 4.90 Å². The normalized spacial score (nSPS) is 18.1. The van der Waals surface area contributed by atoms with Gasteiger partial charge in [0.05, 0.1) is 5.69 Å². The minimum Gasteiger partial charge on any atom is -0.351 e. The van der Waals surface area contributed by atoms with Crippen molar-refractivity contribution in [2.24, 2.45) is 5.92 Å². The van der Waals surface area contributed by atoms with Gasteiger partial charge in [-0.3, -0.25) is 4.79 Å². The maximum Gasteiger partial charge on any atom is 0.292 e. The fraction of sp³-hybridized carbons (Fsp3) is 0.375. The molecule has 1 aromatic carbocycles. The summed E-state index contributed by atoms with van der Waals surface area (Å²) in [5.41, 5.74) is 0.744. The maximum atomic E-state index is 12.3. The molecule has 1 saturated heterocycles. The lowest BCUT2D eigenvalue weighted by Gasteiger charge is -2.14. The Bertz CT molecular complexity index is 612. The Labute approximate surface area is 128 Å². The largest absolute Gasteiger partial charge is 0.351 e. The maximum absolute atomic E-state index is 12.3. The van der Waals surface area contributed by atoms with Crippen LogP contribution in [0.1, 0.15) is 22.7 Å². The first-order chi connectivity index (χ1) is 10.2. The van der Waals surface area contributed by atoms with Crippen LogP contribution in [-0.2, 0) is 0 Å². The molecule has 1 aliphatic rings. The van der Waals surface area contributed by atoms with Gasteiger partial charge in [0.1, 0.15) is 0 Å². The number of rotatable bonds is 4. The van der Waals surface area contributed by atoms with Crippen LogP contribution in [-0.4, -0.2) is 34.8 Å². The first-order valence-electron chi connectivity index (χ1n) is 7.13. The molecule has 1 atom stereocenters. The summed E-state index contributed by atoms with van der Waals surface area (Å²) < 4.78 is 5.06. The third-order valence-corrected chi connectivity index (χ3v) is 4.88. The summed E-state index contributed by atoms with van der Waals surface area (Å²) in [6, 6.07) is 12.1. The zero-order valence-electron chi connectivity index (χ0n) is 12.0. The minimum absolute atomic E-state index is 0.0391. The number of carbonyl (C=O) groups is 1. The molecule has 110 valence electrons. The number of amides is 1. The van der Waals surface area contributed by atoms with Gasteiger partial charge in [-0.05, 0) is 31.4 Å². The summed E-state index contributed by atoms with van der Waals surface area (Å²) in [4.78, 5) is 15.4. The van der Waals surface area contributed by atoms with Crippen LogP contribution in [0.4, 0.5) is 0 Å². The van der Waals surface area contributed by atoms with Gasteiger partial charge in [0.2, 0.25) is 5.76 Å². The molecule has 1 aromatic heterocycles. The van der Waals surface area contributed by atoms with Gasteiger partial charge < -0.3 is 9.42 Å². The molecule has 0 spiro atoms. The zero-order chi connectivity index (χ0) is 14.7. The molecule has 0 N–H and O–H groups in total. The van der Waals surface area contributed by atoms with Gasteiger partial charge >= 0.3 is 0 Å². The summed E-state index contributed by atoms with van der Waals surface area (Å²) in [6.45, 7) is 3.43. The van der Waals surface area contributed by atoms with E-state index < -0.39 is 0 Å². The number of hydrogen-bond acceptors (Lipinski definition) is 4. The molecule has 0 saturated carbocycles. The highest BCUT2D eigenvalue weighted by Gasteiger charge is 2.28. The van der Waals surface area contributed by atoms with Crippen molar-refractivity contribution in [3.8, 4) is 0 Å². The lowest BCUT2D eigenvalue weighted by Crippen LogP contribution is -2.28. The van der Waals surface area contributed by atoms with Crippen LogP contribution in [0.15, 0.2) is 45.8 Å². The fourth-order valence-corrected chi connectivity index (χ4v) is 3.55. The Morgan fingerprint density at radius 3 is 2.95 bits per heavy atom. The van der Waals surface area contributed by atoms with Gasteiger partial charge in [-0.15, -0.1) is 11.8 Å². The monoisotopic (exact) mass is 302 g/mol. The first-order valence-corrected chi connectivity index (χ1v) is 8.11. The highest BCUT2D eigenvalue weighted by atomic mass is 32.2. The highest BCUT2D eigenvalue weighted by Crippen LogP contribution is 2.26. The molecule has 1 amide bonds. The van der Waals surface area contributed by atoms with E-state index >= 15 is 0 Å². The van der Waals surface area contributed by atoms with Gasteiger partial charge in [-0.25, -0.2) is 0 Å². The average Bonchev–Trinajstić information content (AvgIpc) is 3.14. The third-order valence-electron chi connectivity index (χ3n) is 3.64. The first kappa shape index (κ1) is 14.2. The number of benzene rings is 1. The molecule has 0 unspecified atom stereocenters. The van der Waals surface area contributed by atoms with E-state index in [0.717, 1.165) is 31.0 Å². The molecule has 21 heavy (non-hydrogen) atoms. The van der Waals surface area contributed by atoms with E-state index in [2.05, 4.69) is 29.4 Å². The summed E-state index contributed by atoms with van der Waals surface area (Å²) in [7, 11) is 0. The van der Waals surface area contributed by atoms with E-state index in [4.69, 9.17) is 4.52 Å². The molecule has 1 aliphatic heterocycles. The van der Waals surface area contributed by atoms with E-state index in [9.17, 15) is 4.79 Å². The molecule has 4 nitrogen and oxygen atoms in total. The Hall–Kier alpha value is -1.75. The summed E-state index contributed by atoms with van der Waals surface area (Å²) in [6.07, 6.45) is 1.05. The van der Waals surface area contributed by atoms with Crippen molar-refractivity contribution in [1.29, 1.82) is 0 Å². The zero-order valence-corrected chi connectivity index (χ0v) is 12.8. The van der Waals surface area contributed by atoms with E-state index in [1.807, 2.05) is 29.7 Å². The van der Waals surface area contributed by atoms with Gasteiger partial charge in [0, 0.05) is 29.8 Å². The van der Waals surface area contributed by atoms with Crippen molar-refractivity contribution in [2.45, 2.75) is 18.2 Å². The second kappa shape index (κ2) is 6.35. The molecule has 3 rings (SSSR count). The van der Waals surface area contributed by atoms with Gasteiger partial charge in [0.25, 0.3) is 5.91 Å². The third kappa shape index (κ3) is 3.47. The standard InChI is InChI=1S/C16H18N2O2S/c1-12-9-15(20-17-12)16(19)18-8-7-13(10-18)11-21-14-5-3-2-4-6-14/h2-6,9,13H,7-8,10-11H2,1H3/t13-/m0/s1. The Morgan fingerprint density at radius 2 is 2.24 bits per heavy atom. The van der Waals surface area contributed by atoms with Crippen LogP contribution < -0.4 is 0 Å². The summed E-state index contributed by atoms with van der Waals surface area (Å²) in [5, 5.41) is 3.78. The minimum atomic E-state index is -0.0391. The van der Waals surface area contributed by atoms with E-state index in [0.29, 0.717) is 11.7 Å². The van der Waals surface area contributed by atoms with E-state index in [1.54, 1.807) is 6.07 Å². The number of hydrogen-bond donors (Lipinski definition) is 0. The number of likely N-dealkylation sites (tertiary alicyclic amines) is 1. The van der Waals surface area contributed by atoms with Gasteiger partial charge in [-0.2, -0.15) is 0 Å². The Kier molecular flexibility index (Phi) is 4.29. The van der Waals surface area contributed by atoms with Crippen molar-refractivity contribution in [1.82, 2.24) is 10.1 Å². The molecule has 2 heterocycles. The van der Waals surface area contributed by atoms with Crippen molar-refractivity contribution in [2.75, 3.05) is 18.8 Å². The lowest BCUT2D eigenvalue weighted by atomic mass is 10.2. The Morgan fingerprint density at radius 1 is 1.43 bits per heavy atom. The molecular formula is C16H18N2O2S. The van der Waals surface area contributed by atoms with Crippen molar-refractivity contribution >= 4 is 17.7 Å². The van der Waals surface area contributed by atoms with E-state index in [-0.39, 0.29) is 5.91 Å². The van der Waals surface area contributed by atoms with Crippen LogP contribution in [0, 0.1) is 12.8 Å². The van der Waals surface area contributed by atoms with Crippen LogP contribution in [0.2, 0.25) is 0 Å². The molecule has 0 bridgehead atoms. The molecule has 0 aliphatic carbocycles. The highest BCUT2D eigenvalue weighted by molar-refractivity contribution is 7.99. The number of nitrogens with zero attached hydrogens (tertiary/aromatic N) is 2.